The number of esters is 1. The van der Waals surface area contributed by atoms with E-state index in [4.69, 9.17) is 32.7 Å². The molecule has 150 valence electrons. The van der Waals surface area contributed by atoms with Gasteiger partial charge in [-0.15, -0.1) is 0 Å². The molecule has 1 atom stereocenters. The van der Waals surface area contributed by atoms with Crippen molar-refractivity contribution in [1.29, 1.82) is 5.26 Å². The number of allylic oxidation sites excluding steroid dienone is 1. The summed E-state index contributed by atoms with van der Waals surface area (Å²) in [6, 6.07) is 23.2. The lowest BCUT2D eigenvalue weighted by Crippen LogP contribution is -2.28. The molecule has 0 heterocycles. The molecule has 0 N–H and O–H groups in total. The highest BCUT2D eigenvalue weighted by Gasteiger charge is 2.19. The Hall–Kier alpha value is -3.26. The van der Waals surface area contributed by atoms with E-state index >= 15 is 0 Å². The molecule has 1 unspecified atom stereocenters. The molecule has 6 heteroatoms. The van der Waals surface area contributed by atoms with Crippen LogP contribution in [0.1, 0.15) is 18.1 Å². The third-order valence-electron chi connectivity index (χ3n) is 4.12. The van der Waals surface area contributed by atoms with Gasteiger partial charge in [0.15, 0.2) is 6.10 Å². The fourth-order valence-corrected chi connectivity index (χ4v) is 3.09. The van der Waals surface area contributed by atoms with E-state index in [2.05, 4.69) is 6.07 Å². The summed E-state index contributed by atoms with van der Waals surface area (Å²) in [5.74, 6) is 0.103. The van der Waals surface area contributed by atoms with Crippen molar-refractivity contribution in [3.63, 3.8) is 0 Å². The Bertz CT molecular complexity index is 1120. The highest BCUT2D eigenvalue weighted by Crippen LogP contribution is 2.28. The first kappa shape index (κ1) is 21.4. The van der Waals surface area contributed by atoms with Crippen LogP contribution in [-0.4, -0.2) is 12.1 Å². The van der Waals surface area contributed by atoms with Gasteiger partial charge in [0.1, 0.15) is 11.5 Å². The first-order valence-electron chi connectivity index (χ1n) is 9.07. The average molecular weight is 438 g/mol. The lowest BCUT2D eigenvalue weighted by molar-refractivity contribution is -0.141. The smallest absolute Gasteiger partial charge is 0.352 e. The van der Waals surface area contributed by atoms with Crippen LogP contribution in [0.2, 0.25) is 10.0 Å². The topological polar surface area (TPSA) is 59.3 Å². The standard InChI is InChI=1S/C24H17Cl2NO3/c1-16(29-23-11-10-20(25)14-22(23)26)24(28)30-21-9-5-6-17(13-21)12-19(15-27)18-7-3-2-4-8-18/h2-14,16H,1H3/b19-12-. The fourth-order valence-electron chi connectivity index (χ4n) is 2.64. The minimum atomic E-state index is -0.887. The summed E-state index contributed by atoms with van der Waals surface area (Å²) in [5, 5.41) is 10.2. The van der Waals surface area contributed by atoms with Gasteiger partial charge >= 0.3 is 5.97 Å². The predicted molar refractivity (Wildman–Crippen MR) is 119 cm³/mol. The summed E-state index contributed by atoms with van der Waals surface area (Å²) in [4.78, 5) is 12.4. The molecule has 4 nitrogen and oxygen atoms in total. The summed E-state index contributed by atoms with van der Waals surface area (Å²) in [6.45, 7) is 1.57. The van der Waals surface area contributed by atoms with Gasteiger partial charge in [-0.3, -0.25) is 0 Å². The minimum absolute atomic E-state index is 0.305. The number of hydrogen-bond acceptors (Lipinski definition) is 4. The second-order valence-electron chi connectivity index (χ2n) is 6.36. The van der Waals surface area contributed by atoms with E-state index in [0.717, 1.165) is 11.1 Å². The van der Waals surface area contributed by atoms with Gasteiger partial charge in [0.05, 0.1) is 16.7 Å². The van der Waals surface area contributed by atoms with E-state index in [1.54, 1.807) is 43.3 Å². The quantitative estimate of drug-likeness (QED) is 0.193. The molecule has 0 radical (unpaired) electrons. The van der Waals surface area contributed by atoms with E-state index in [0.29, 0.717) is 27.1 Å². The highest BCUT2D eigenvalue weighted by molar-refractivity contribution is 6.35. The first-order valence-corrected chi connectivity index (χ1v) is 9.82. The molecule has 0 bridgehead atoms. The van der Waals surface area contributed by atoms with Crippen LogP contribution >= 0.6 is 23.2 Å². The van der Waals surface area contributed by atoms with Crippen LogP contribution in [0, 0.1) is 11.3 Å². The molecule has 0 aliphatic rings. The fraction of sp³-hybridized carbons (Fsp3) is 0.0833. The summed E-state index contributed by atoms with van der Waals surface area (Å²) < 4.78 is 11.0. The zero-order valence-electron chi connectivity index (χ0n) is 16.0. The van der Waals surface area contributed by atoms with Gasteiger partial charge in [-0.25, -0.2) is 4.79 Å². The van der Waals surface area contributed by atoms with E-state index in [1.165, 1.54) is 6.07 Å². The Kier molecular flexibility index (Phi) is 7.13. The molecule has 0 amide bonds. The van der Waals surface area contributed by atoms with Crippen molar-refractivity contribution in [2.45, 2.75) is 13.0 Å². The van der Waals surface area contributed by atoms with Crippen molar-refractivity contribution in [1.82, 2.24) is 0 Å². The van der Waals surface area contributed by atoms with Crippen molar-refractivity contribution in [3.8, 4) is 17.6 Å². The van der Waals surface area contributed by atoms with Crippen LogP contribution in [0.25, 0.3) is 11.6 Å². The third-order valence-corrected chi connectivity index (χ3v) is 4.65. The van der Waals surface area contributed by atoms with Crippen LogP contribution in [0.3, 0.4) is 0 Å². The van der Waals surface area contributed by atoms with Crippen molar-refractivity contribution < 1.29 is 14.3 Å². The molecule has 0 saturated carbocycles. The summed E-state index contributed by atoms with van der Waals surface area (Å²) in [6.07, 6.45) is 0.849. The van der Waals surface area contributed by atoms with Crippen molar-refractivity contribution in [2.24, 2.45) is 0 Å². The van der Waals surface area contributed by atoms with Gasteiger partial charge in [-0.2, -0.15) is 5.26 Å². The zero-order chi connectivity index (χ0) is 21.5. The van der Waals surface area contributed by atoms with Crippen LogP contribution in [-0.2, 0) is 4.79 Å². The highest BCUT2D eigenvalue weighted by atomic mass is 35.5. The summed E-state index contributed by atoms with van der Waals surface area (Å²) >= 11 is 11.9. The van der Waals surface area contributed by atoms with Gasteiger partial charge in [0.25, 0.3) is 0 Å². The molecule has 0 aromatic heterocycles. The molecule has 0 spiro atoms. The Balaban J connectivity index is 1.72. The predicted octanol–water partition coefficient (Wildman–Crippen LogP) is 6.43. The Morgan fingerprint density at radius 2 is 1.80 bits per heavy atom. The maximum Gasteiger partial charge on any atom is 0.352 e. The molecule has 0 saturated heterocycles. The number of nitrogens with zero attached hydrogens (tertiary/aromatic N) is 1. The van der Waals surface area contributed by atoms with Gasteiger partial charge < -0.3 is 9.47 Å². The van der Waals surface area contributed by atoms with Crippen LogP contribution in [0.5, 0.6) is 11.5 Å². The third kappa shape index (κ3) is 5.64. The van der Waals surface area contributed by atoms with Crippen LogP contribution in [0.4, 0.5) is 0 Å². The Morgan fingerprint density at radius 3 is 2.50 bits per heavy atom. The summed E-state index contributed by atoms with van der Waals surface area (Å²) in [5.41, 5.74) is 2.05. The molecular weight excluding hydrogens is 421 g/mol. The Labute approximate surface area is 184 Å². The summed E-state index contributed by atoms with van der Waals surface area (Å²) in [7, 11) is 0. The number of nitriles is 1. The van der Waals surface area contributed by atoms with Gasteiger partial charge in [-0.1, -0.05) is 65.7 Å². The van der Waals surface area contributed by atoms with E-state index in [9.17, 15) is 10.1 Å². The van der Waals surface area contributed by atoms with Crippen LogP contribution < -0.4 is 9.47 Å². The number of ether oxygens (including phenoxy) is 2. The number of carbonyl (C=O) groups excluding carboxylic acids is 1. The monoisotopic (exact) mass is 437 g/mol. The number of benzene rings is 3. The molecule has 3 aromatic rings. The zero-order valence-corrected chi connectivity index (χ0v) is 17.5. The number of rotatable bonds is 6. The van der Waals surface area contributed by atoms with E-state index in [1.807, 2.05) is 36.4 Å². The number of halogens is 2. The van der Waals surface area contributed by atoms with E-state index in [-0.39, 0.29) is 0 Å². The van der Waals surface area contributed by atoms with Gasteiger partial charge in [-0.05, 0) is 54.5 Å². The lowest BCUT2D eigenvalue weighted by atomic mass is 10.0. The van der Waals surface area contributed by atoms with Gasteiger partial charge in [0.2, 0.25) is 0 Å². The first-order chi connectivity index (χ1) is 14.5. The molecular formula is C24H17Cl2NO3. The van der Waals surface area contributed by atoms with E-state index < -0.39 is 12.1 Å². The molecule has 3 rings (SSSR count). The normalized spacial score (nSPS) is 12.0. The number of carbonyl (C=O) groups is 1. The maximum atomic E-state index is 12.4. The molecule has 0 fully saturated rings. The molecule has 3 aromatic carbocycles. The van der Waals surface area contributed by atoms with Crippen molar-refractivity contribution >= 4 is 40.8 Å². The Morgan fingerprint density at radius 1 is 1.03 bits per heavy atom. The SMILES string of the molecule is CC(Oc1ccc(Cl)cc1Cl)C(=O)Oc1cccc(/C=C(/C#N)c2ccccc2)c1. The lowest BCUT2D eigenvalue weighted by Gasteiger charge is -2.15. The molecule has 30 heavy (non-hydrogen) atoms. The van der Waals surface area contributed by atoms with Crippen molar-refractivity contribution in [2.75, 3.05) is 0 Å². The average Bonchev–Trinajstić information content (AvgIpc) is 2.74. The maximum absolute atomic E-state index is 12.4. The van der Waals surface area contributed by atoms with Crippen molar-refractivity contribution in [3.05, 3.63) is 94.0 Å². The van der Waals surface area contributed by atoms with Crippen LogP contribution in [0.15, 0.2) is 72.8 Å². The minimum Gasteiger partial charge on any atom is -0.477 e. The molecule has 0 aliphatic heterocycles. The largest absolute Gasteiger partial charge is 0.477 e. The molecule has 0 aliphatic carbocycles. The second-order valence-corrected chi connectivity index (χ2v) is 7.21. The number of hydrogen-bond donors (Lipinski definition) is 0. The van der Waals surface area contributed by atoms with Gasteiger partial charge in [0, 0.05) is 5.02 Å². The second kappa shape index (κ2) is 9.98.